The molecule has 130 valence electrons. The van der Waals surface area contributed by atoms with E-state index in [4.69, 9.17) is 0 Å². The molecule has 24 heavy (non-hydrogen) atoms. The molecule has 0 saturated heterocycles. The number of nitrogens with zero attached hydrogens (tertiary/aromatic N) is 2. The second kappa shape index (κ2) is 6.10. The van der Waals surface area contributed by atoms with Gasteiger partial charge in [-0.2, -0.15) is 0 Å². The lowest BCUT2D eigenvalue weighted by molar-refractivity contribution is 0.520. The first-order valence-corrected chi connectivity index (χ1v) is 11.5. The number of halogens is 1. The second-order valence-corrected chi connectivity index (χ2v) is 12.2. The first-order valence-electron chi connectivity index (χ1n) is 6.97. The van der Waals surface area contributed by atoms with E-state index < -0.39 is 20.0 Å². The van der Waals surface area contributed by atoms with Crippen molar-refractivity contribution in [2.75, 3.05) is 24.9 Å². The van der Waals surface area contributed by atoms with Gasteiger partial charge in [0, 0.05) is 20.6 Å². The Labute approximate surface area is 153 Å². The normalized spacial score (nSPS) is 15.1. The Bertz CT molecular complexity index is 997. The van der Waals surface area contributed by atoms with E-state index in [-0.39, 0.29) is 9.10 Å². The van der Waals surface area contributed by atoms with E-state index in [1.807, 2.05) is 0 Å². The summed E-state index contributed by atoms with van der Waals surface area (Å²) in [7, 11) is -4.24. The summed E-state index contributed by atoms with van der Waals surface area (Å²) in [6.45, 7) is 0.304. The highest BCUT2D eigenvalue weighted by Crippen LogP contribution is 2.37. The van der Waals surface area contributed by atoms with Crippen LogP contribution in [0.15, 0.2) is 43.2 Å². The standard InChI is InChI=1S/C14H15BrN2O4S3/c1-16(2)23(18,19)11-3-4-12-10(9-11)7-8-17(12)24(20,21)14-6-5-13(15)22-14/h3-6,9H,7-8H2,1-2H3. The molecule has 1 aromatic heterocycles. The maximum absolute atomic E-state index is 12.8. The molecule has 0 aliphatic carbocycles. The number of hydrogen-bond acceptors (Lipinski definition) is 5. The van der Waals surface area contributed by atoms with E-state index in [1.165, 1.54) is 24.5 Å². The molecule has 0 amide bonds. The molecule has 0 N–H and O–H groups in total. The van der Waals surface area contributed by atoms with Crippen LogP contribution in [0.4, 0.5) is 5.69 Å². The van der Waals surface area contributed by atoms with Crippen molar-refractivity contribution in [1.29, 1.82) is 0 Å². The predicted molar refractivity (Wildman–Crippen MR) is 97.6 cm³/mol. The molecule has 0 saturated carbocycles. The van der Waals surface area contributed by atoms with Gasteiger partial charge in [-0.1, -0.05) is 0 Å². The smallest absolute Gasteiger partial charge is 0.265 e. The third kappa shape index (κ3) is 2.90. The van der Waals surface area contributed by atoms with Crippen LogP contribution in [0.3, 0.4) is 0 Å². The van der Waals surface area contributed by atoms with E-state index in [9.17, 15) is 16.8 Å². The Kier molecular flexibility index (Phi) is 4.54. The first kappa shape index (κ1) is 17.9. The van der Waals surface area contributed by atoms with Crippen molar-refractivity contribution in [2.24, 2.45) is 0 Å². The van der Waals surface area contributed by atoms with Crippen molar-refractivity contribution in [3.05, 3.63) is 39.7 Å². The van der Waals surface area contributed by atoms with Gasteiger partial charge >= 0.3 is 0 Å². The Balaban J connectivity index is 2.03. The molecule has 0 bridgehead atoms. The summed E-state index contributed by atoms with van der Waals surface area (Å²) in [5.74, 6) is 0. The fourth-order valence-corrected chi connectivity index (χ4v) is 7.09. The van der Waals surface area contributed by atoms with Crippen molar-refractivity contribution >= 4 is 53.0 Å². The number of fused-ring (bicyclic) bond motifs is 1. The van der Waals surface area contributed by atoms with Gasteiger partial charge in [0.2, 0.25) is 10.0 Å². The molecule has 6 nitrogen and oxygen atoms in total. The number of sulfonamides is 2. The number of hydrogen-bond donors (Lipinski definition) is 0. The molecular formula is C14H15BrN2O4S3. The maximum Gasteiger partial charge on any atom is 0.273 e. The van der Waals surface area contributed by atoms with Crippen LogP contribution in [0, 0.1) is 0 Å². The van der Waals surface area contributed by atoms with Crippen LogP contribution in [-0.2, 0) is 26.5 Å². The molecule has 0 radical (unpaired) electrons. The quantitative estimate of drug-likeness (QED) is 0.716. The van der Waals surface area contributed by atoms with Crippen molar-refractivity contribution in [2.45, 2.75) is 15.5 Å². The van der Waals surface area contributed by atoms with Gasteiger partial charge in [-0.15, -0.1) is 11.3 Å². The highest BCUT2D eigenvalue weighted by molar-refractivity contribution is 9.11. The molecule has 0 unspecified atom stereocenters. The third-order valence-electron chi connectivity index (χ3n) is 3.78. The van der Waals surface area contributed by atoms with Crippen LogP contribution in [0.5, 0.6) is 0 Å². The number of thiophene rings is 1. The molecule has 0 spiro atoms. The Morgan fingerprint density at radius 2 is 1.83 bits per heavy atom. The summed E-state index contributed by atoms with van der Waals surface area (Å²) in [5, 5.41) is 0. The average molecular weight is 451 g/mol. The zero-order valence-electron chi connectivity index (χ0n) is 12.9. The number of benzene rings is 1. The molecule has 2 aromatic rings. The van der Waals surface area contributed by atoms with E-state index in [1.54, 1.807) is 24.3 Å². The van der Waals surface area contributed by atoms with E-state index >= 15 is 0 Å². The zero-order valence-corrected chi connectivity index (χ0v) is 17.0. The average Bonchev–Trinajstić information content (AvgIpc) is 3.12. The van der Waals surface area contributed by atoms with Gasteiger partial charge in [0.05, 0.1) is 14.4 Å². The Morgan fingerprint density at radius 1 is 1.12 bits per heavy atom. The molecular weight excluding hydrogens is 436 g/mol. The molecule has 3 rings (SSSR count). The fourth-order valence-electron chi connectivity index (χ4n) is 2.51. The highest BCUT2D eigenvalue weighted by atomic mass is 79.9. The van der Waals surface area contributed by atoms with Crippen LogP contribution in [0.1, 0.15) is 5.56 Å². The van der Waals surface area contributed by atoms with E-state index in [0.29, 0.717) is 18.7 Å². The van der Waals surface area contributed by atoms with Crippen LogP contribution in [0.2, 0.25) is 0 Å². The van der Waals surface area contributed by atoms with Crippen LogP contribution in [-0.4, -0.2) is 41.8 Å². The van der Waals surface area contributed by atoms with Crippen LogP contribution >= 0.6 is 27.3 Å². The molecule has 2 heterocycles. The lowest BCUT2D eigenvalue weighted by atomic mass is 10.2. The summed E-state index contributed by atoms with van der Waals surface area (Å²) < 4.78 is 53.5. The lowest BCUT2D eigenvalue weighted by Gasteiger charge is -2.19. The van der Waals surface area contributed by atoms with Gasteiger partial charge in [0.1, 0.15) is 4.21 Å². The molecule has 0 atom stereocenters. The van der Waals surface area contributed by atoms with Gasteiger partial charge in [0.25, 0.3) is 10.0 Å². The minimum atomic E-state index is -3.63. The van der Waals surface area contributed by atoms with Gasteiger partial charge in [-0.3, -0.25) is 4.31 Å². The summed E-state index contributed by atoms with van der Waals surface area (Å²) in [6.07, 6.45) is 0.484. The minimum absolute atomic E-state index is 0.171. The first-order chi connectivity index (χ1) is 11.1. The fraction of sp³-hybridized carbons (Fsp3) is 0.286. The summed E-state index contributed by atoms with van der Waals surface area (Å²) in [4.78, 5) is 0.171. The maximum atomic E-state index is 12.8. The second-order valence-electron chi connectivity index (χ2n) is 5.46. The van der Waals surface area contributed by atoms with Gasteiger partial charge in [-0.05, 0) is 58.2 Å². The minimum Gasteiger partial charge on any atom is -0.265 e. The molecule has 1 aliphatic rings. The highest BCUT2D eigenvalue weighted by Gasteiger charge is 2.33. The van der Waals surface area contributed by atoms with Crippen molar-refractivity contribution in [3.8, 4) is 0 Å². The monoisotopic (exact) mass is 450 g/mol. The third-order valence-corrected chi connectivity index (χ3v) is 9.49. The van der Waals surface area contributed by atoms with Crippen molar-refractivity contribution < 1.29 is 16.8 Å². The van der Waals surface area contributed by atoms with Crippen LogP contribution < -0.4 is 4.31 Å². The molecule has 10 heteroatoms. The zero-order chi connectivity index (χ0) is 17.7. The molecule has 1 aromatic carbocycles. The number of anilines is 1. The SMILES string of the molecule is CN(C)S(=O)(=O)c1ccc2c(c1)CCN2S(=O)(=O)c1ccc(Br)s1. The molecule has 0 fully saturated rings. The van der Waals surface area contributed by atoms with Gasteiger partial charge in [0.15, 0.2) is 0 Å². The van der Waals surface area contributed by atoms with E-state index in [0.717, 1.165) is 25.0 Å². The predicted octanol–water partition coefficient (Wildman–Crippen LogP) is 2.51. The van der Waals surface area contributed by atoms with Crippen molar-refractivity contribution in [1.82, 2.24) is 4.31 Å². The topological polar surface area (TPSA) is 74.8 Å². The Hall–Kier alpha value is -0.940. The largest absolute Gasteiger partial charge is 0.273 e. The summed E-state index contributed by atoms with van der Waals surface area (Å²) in [5.41, 5.74) is 1.26. The van der Waals surface area contributed by atoms with Crippen LogP contribution in [0.25, 0.3) is 0 Å². The molecule has 1 aliphatic heterocycles. The summed E-state index contributed by atoms with van der Waals surface area (Å²) >= 11 is 4.43. The lowest BCUT2D eigenvalue weighted by Crippen LogP contribution is -2.28. The Morgan fingerprint density at radius 3 is 2.42 bits per heavy atom. The van der Waals surface area contributed by atoms with Gasteiger partial charge < -0.3 is 0 Å². The number of rotatable bonds is 4. The van der Waals surface area contributed by atoms with Crippen molar-refractivity contribution in [3.63, 3.8) is 0 Å². The van der Waals surface area contributed by atoms with E-state index in [2.05, 4.69) is 15.9 Å². The summed E-state index contributed by atoms with van der Waals surface area (Å²) in [6, 6.07) is 7.84. The van der Waals surface area contributed by atoms with Gasteiger partial charge in [-0.25, -0.2) is 21.1 Å².